The molecule has 0 unspecified atom stereocenters. The molecule has 0 N–H and O–H groups in total. The predicted octanol–water partition coefficient (Wildman–Crippen LogP) is 4.46. The van der Waals surface area contributed by atoms with E-state index in [-0.39, 0.29) is 0 Å². The molecule has 0 bridgehead atoms. The molecule has 2 nitrogen and oxygen atoms in total. The second-order valence-corrected chi connectivity index (χ2v) is 6.16. The molecule has 0 amide bonds. The molecule has 2 aromatic rings. The van der Waals surface area contributed by atoms with E-state index in [0.717, 1.165) is 20.1 Å². The van der Waals surface area contributed by atoms with Gasteiger partial charge in [0.05, 0.1) is 13.2 Å². The zero-order valence-electron chi connectivity index (χ0n) is 10.1. The summed E-state index contributed by atoms with van der Waals surface area (Å²) in [7, 11) is 0. The normalized spacial score (nSPS) is 17.6. The van der Waals surface area contributed by atoms with E-state index in [2.05, 4.69) is 31.9 Å². The van der Waals surface area contributed by atoms with Crippen molar-refractivity contribution in [1.82, 2.24) is 0 Å². The summed E-state index contributed by atoms with van der Waals surface area (Å²) < 4.78 is 14.0. The number of hydrogen-bond acceptors (Lipinski definition) is 2. The van der Waals surface area contributed by atoms with Crippen LogP contribution in [0.15, 0.2) is 57.5 Å². The number of benzene rings is 2. The van der Waals surface area contributed by atoms with Gasteiger partial charge in [-0.15, -0.1) is 0 Å². The Morgan fingerprint density at radius 2 is 1.05 bits per heavy atom. The summed E-state index contributed by atoms with van der Waals surface area (Å²) in [6.07, 6.45) is 0. The zero-order chi connectivity index (χ0) is 13.3. The van der Waals surface area contributed by atoms with Crippen LogP contribution in [0.2, 0.25) is 0 Å². The minimum Gasteiger partial charge on any atom is -0.340 e. The van der Waals surface area contributed by atoms with Crippen molar-refractivity contribution >= 4 is 31.9 Å². The second-order valence-electron chi connectivity index (χ2n) is 4.33. The fourth-order valence-corrected chi connectivity index (χ4v) is 2.78. The summed E-state index contributed by atoms with van der Waals surface area (Å²) in [6, 6.07) is 16.1. The Bertz CT molecular complexity index is 510. The molecule has 4 heteroatoms. The first-order valence-corrected chi connectivity index (χ1v) is 7.59. The van der Waals surface area contributed by atoms with Crippen molar-refractivity contribution in [2.24, 2.45) is 0 Å². The van der Waals surface area contributed by atoms with Crippen molar-refractivity contribution in [3.63, 3.8) is 0 Å². The minimum atomic E-state index is -0.776. The SMILES string of the molecule is Brc1ccc(C2(c3ccc(Br)cc3)OCCO2)cc1. The molecule has 98 valence electrons. The average molecular weight is 384 g/mol. The largest absolute Gasteiger partial charge is 0.340 e. The third kappa shape index (κ3) is 2.50. The quantitative estimate of drug-likeness (QED) is 0.762. The Hall–Kier alpha value is -0.680. The van der Waals surface area contributed by atoms with Crippen LogP contribution in [0.25, 0.3) is 0 Å². The van der Waals surface area contributed by atoms with Crippen molar-refractivity contribution in [2.45, 2.75) is 5.79 Å². The Labute approximate surface area is 129 Å². The highest BCUT2D eigenvalue weighted by Crippen LogP contribution is 2.39. The van der Waals surface area contributed by atoms with Gasteiger partial charge in [0.15, 0.2) is 0 Å². The van der Waals surface area contributed by atoms with E-state index >= 15 is 0 Å². The first-order chi connectivity index (χ1) is 9.21. The van der Waals surface area contributed by atoms with Gasteiger partial charge in [-0.3, -0.25) is 0 Å². The van der Waals surface area contributed by atoms with Crippen LogP contribution >= 0.6 is 31.9 Å². The molecule has 1 aliphatic heterocycles. The topological polar surface area (TPSA) is 18.5 Å². The van der Waals surface area contributed by atoms with Crippen molar-refractivity contribution in [2.75, 3.05) is 13.2 Å². The van der Waals surface area contributed by atoms with Gasteiger partial charge in [0.2, 0.25) is 5.79 Å². The van der Waals surface area contributed by atoms with Gasteiger partial charge >= 0.3 is 0 Å². The van der Waals surface area contributed by atoms with Crippen molar-refractivity contribution in [3.8, 4) is 0 Å². The lowest BCUT2D eigenvalue weighted by atomic mass is 9.97. The Balaban J connectivity index is 2.08. The van der Waals surface area contributed by atoms with Crippen LogP contribution in [0.5, 0.6) is 0 Å². The van der Waals surface area contributed by atoms with Gasteiger partial charge in [-0.05, 0) is 24.3 Å². The predicted molar refractivity (Wildman–Crippen MR) is 81.0 cm³/mol. The Morgan fingerprint density at radius 1 is 0.684 bits per heavy atom. The van der Waals surface area contributed by atoms with E-state index in [1.807, 2.05) is 48.5 Å². The molecule has 1 fully saturated rings. The number of rotatable bonds is 2. The summed E-state index contributed by atoms with van der Waals surface area (Å²) in [4.78, 5) is 0. The van der Waals surface area contributed by atoms with Crippen LogP contribution in [0, 0.1) is 0 Å². The lowest BCUT2D eigenvalue weighted by Crippen LogP contribution is -2.28. The summed E-state index contributed by atoms with van der Waals surface area (Å²) in [6.45, 7) is 1.21. The number of halogens is 2. The molecular formula is C15H12Br2O2. The third-order valence-electron chi connectivity index (χ3n) is 3.14. The standard InChI is InChI=1S/C15H12Br2O2/c16-13-5-1-11(2-6-13)15(18-9-10-19-15)12-3-7-14(17)8-4-12/h1-8H,9-10H2. The van der Waals surface area contributed by atoms with Gasteiger partial charge in [-0.2, -0.15) is 0 Å². The van der Waals surface area contributed by atoms with Crippen LogP contribution in [-0.2, 0) is 15.3 Å². The molecule has 0 spiro atoms. The van der Waals surface area contributed by atoms with E-state index in [4.69, 9.17) is 9.47 Å². The molecule has 1 saturated heterocycles. The minimum absolute atomic E-state index is 0.603. The van der Waals surface area contributed by atoms with E-state index in [0.29, 0.717) is 13.2 Å². The van der Waals surface area contributed by atoms with Gasteiger partial charge in [0.1, 0.15) is 0 Å². The molecule has 3 rings (SSSR count). The smallest absolute Gasteiger partial charge is 0.222 e. The highest BCUT2D eigenvalue weighted by atomic mass is 79.9. The maximum absolute atomic E-state index is 5.94. The molecule has 0 radical (unpaired) electrons. The van der Waals surface area contributed by atoms with E-state index < -0.39 is 5.79 Å². The van der Waals surface area contributed by atoms with Crippen LogP contribution < -0.4 is 0 Å². The fraction of sp³-hybridized carbons (Fsp3) is 0.200. The Kier molecular flexibility index (Phi) is 3.76. The Morgan fingerprint density at radius 3 is 1.42 bits per heavy atom. The van der Waals surface area contributed by atoms with E-state index in [1.54, 1.807) is 0 Å². The van der Waals surface area contributed by atoms with Crippen LogP contribution in [-0.4, -0.2) is 13.2 Å². The molecule has 1 aliphatic rings. The summed E-state index contributed by atoms with van der Waals surface area (Å²) >= 11 is 6.90. The van der Waals surface area contributed by atoms with Gasteiger partial charge in [-0.1, -0.05) is 56.1 Å². The van der Waals surface area contributed by atoms with Crippen LogP contribution in [0.3, 0.4) is 0 Å². The van der Waals surface area contributed by atoms with E-state index in [9.17, 15) is 0 Å². The summed E-state index contributed by atoms with van der Waals surface area (Å²) in [5.41, 5.74) is 2.02. The molecule has 0 saturated carbocycles. The maximum Gasteiger partial charge on any atom is 0.222 e. The molecule has 19 heavy (non-hydrogen) atoms. The van der Waals surface area contributed by atoms with Crippen molar-refractivity contribution < 1.29 is 9.47 Å². The highest BCUT2D eigenvalue weighted by molar-refractivity contribution is 9.10. The van der Waals surface area contributed by atoms with Gasteiger partial charge in [0, 0.05) is 20.1 Å². The monoisotopic (exact) mass is 382 g/mol. The highest BCUT2D eigenvalue weighted by Gasteiger charge is 2.40. The van der Waals surface area contributed by atoms with Crippen LogP contribution in [0.1, 0.15) is 11.1 Å². The fourth-order valence-electron chi connectivity index (χ4n) is 2.25. The molecular weight excluding hydrogens is 372 g/mol. The summed E-state index contributed by atoms with van der Waals surface area (Å²) in [5, 5.41) is 0. The van der Waals surface area contributed by atoms with Crippen LogP contribution in [0.4, 0.5) is 0 Å². The third-order valence-corrected chi connectivity index (χ3v) is 4.20. The molecule has 0 aliphatic carbocycles. The lowest BCUT2D eigenvalue weighted by Gasteiger charge is -2.28. The molecule has 1 heterocycles. The second kappa shape index (κ2) is 5.37. The summed E-state index contributed by atoms with van der Waals surface area (Å²) in [5.74, 6) is -0.776. The van der Waals surface area contributed by atoms with Gasteiger partial charge in [0.25, 0.3) is 0 Å². The van der Waals surface area contributed by atoms with E-state index in [1.165, 1.54) is 0 Å². The maximum atomic E-state index is 5.94. The van der Waals surface area contributed by atoms with Gasteiger partial charge in [-0.25, -0.2) is 0 Å². The number of hydrogen-bond donors (Lipinski definition) is 0. The lowest BCUT2D eigenvalue weighted by molar-refractivity contribution is -0.129. The zero-order valence-corrected chi connectivity index (χ0v) is 13.3. The van der Waals surface area contributed by atoms with Crippen molar-refractivity contribution in [1.29, 1.82) is 0 Å². The average Bonchev–Trinajstić information content (AvgIpc) is 2.91. The molecule has 0 atom stereocenters. The first-order valence-electron chi connectivity index (χ1n) is 6.01. The first kappa shape index (κ1) is 13.3. The number of ether oxygens (including phenoxy) is 2. The van der Waals surface area contributed by atoms with Gasteiger partial charge < -0.3 is 9.47 Å². The van der Waals surface area contributed by atoms with Crippen molar-refractivity contribution in [3.05, 3.63) is 68.6 Å². The molecule has 0 aromatic heterocycles. The molecule has 2 aromatic carbocycles.